The van der Waals surface area contributed by atoms with Gasteiger partial charge in [-0.1, -0.05) is 0 Å². The normalized spacial score (nSPS) is 12.0. The first-order valence-corrected chi connectivity index (χ1v) is 4.89. The van der Waals surface area contributed by atoms with Gasteiger partial charge in [0.2, 0.25) is 0 Å². The van der Waals surface area contributed by atoms with Crippen LogP contribution in [0.4, 0.5) is 4.39 Å². The first-order chi connectivity index (χ1) is 8.01. The van der Waals surface area contributed by atoms with Crippen molar-refractivity contribution in [1.82, 2.24) is 0 Å². The van der Waals surface area contributed by atoms with Gasteiger partial charge in [-0.05, 0) is 12.1 Å². The van der Waals surface area contributed by atoms with Crippen molar-refractivity contribution in [2.24, 2.45) is 5.73 Å². The van der Waals surface area contributed by atoms with Crippen molar-refractivity contribution >= 4 is 5.97 Å². The fourth-order valence-corrected chi connectivity index (χ4v) is 1.58. The molecule has 5 nitrogen and oxygen atoms in total. The van der Waals surface area contributed by atoms with E-state index in [0.717, 1.165) is 0 Å². The molecule has 0 saturated heterocycles. The molecule has 0 spiro atoms. The van der Waals surface area contributed by atoms with Gasteiger partial charge in [0.1, 0.15) is 5.75 Å². The number of hydrogen-bond acceptors (Lipinski definition) is 4. The molecule has 0 radical (unpaired) electrons. The van der Waals surface area contributed by atoms with Crippen LogP contribution in [0.1, 0.15) is 18.0 Å². The lowest BCUT2D eigenvalue weighted by molar-refractivity contribution is -0.137. The number of rotatable bonds is 5. The van der Waals surface area contributed by atoms with Crippen molar-refractivity contribution in [2.75, 3.05) is 14.2 Å². The van der Waals surface area contributed by atoms with Crippen LogP contribution in [0.25, 0.3) is 0 Å². The van der Waals surface area contributed by atoms with Crippen molar-refractivity contribution < 1.29 is 23.8 Å². The predicted molar refractivity (Wildman–Crippen MR) is 58.7 cm³/mol. The van der Waals surface area contributed by atoms with E-state index in [4.69, 9.17) is 20.3 Å². The Hall–Kier alpha value is -1.82. The maximum atomic E-state index is 13.5. The van der Waals surface area contributed by atoms with E-state index in [9.17, 15) is 9.18 Å². The monoisotopic (exact) mass is 243 g/mol. The van der Waals surface area contributed by atoms with Crippen LogP contribution in [0.5, 0.6) is 11.5 Å². The third-order valence-electron chi connectivity index (χ3n) is 2.30. The molecule has 1 rings (SSSR count). The van der Waals surface area contributed by atoms with Gasteiger partial charge >= 0.3 is 5.97 Å². The van der Waals surface area contributed by atoms with Gasteiger partial charge in [0.05, 0.1) is 26.2 Å². The van der Waals surface area contributed by atoms with Crippen molar-refractivity contribution in [3.05, 3.63) is 23.5 Å². The molecule has 0 saturated carbocycles. The third-order valence-corrected chi connectivity index (χ3v) is 2.30. The smallest absolute Gasteiger partial charge is 0.305 e. The molecular weight excluding hydrogens is 229 g/mol. The second kappa shape index (κ2) is 5.49. The number of nitrogens with two attached hydrogens (primary N) is 1. The minimum Gasteiger partial charge on any atom is -0.496 e. The second-order valence-corrected chi connectivity index (χ2v) is 3.40. The minimum atomic E-state index is -1.08. The summed E-state index contributed by atoms with van der Waals surface area (Å²) in [7, 11) is 2.68. The van der Waals surface area contributed by atoms with Crippen LogP contribution >= 0.6 is 0 Å². The maximum Gasteiger partial charge on any atom is 0.305 e. The lowest BCUT2D eigenvalue weighted by Gasteiger charge is -2.18. The molecule has 0 bridgehead atoms. The van der Waals surface area contributed by atoms with Crippen molar-refractivity contribution in [3.63, 3.8) is 0 Å². The second-order valence-electron chi connectivity index (χ2n) is 3.40. The number of carboxylic acid groups (broad SMARTS) is 1. The minimum absolute atomic E-state index is 0.0851. The fourth-order valence-electron chi connectivity index (χ4n) is 1.58. The Morgan fingerprint density at radius 3 is 2.59 bits per heavy atom. The molecule has 17 heavy (non-hydrogen) atoms. The molecule has 3 N–H and O–H groups in total. The molecule has 94 valence electrons. The zero-order valence-corrected chi connectivity index (χ0v) is 9.57. The van der Waals surface area contributed by atoms with Crippen LogP contribution in [0.15, 0.2) is 12.1 Å². The molecule has 1 aromatic rings. The van der Waals surface area contributed by atoms with E-state index in [1.54, 1.807) is 0 Å². The summed E-state index contributed by atoms with van der Waals surface area (Å²) in [5.41, 5.74) is 5.93. The summed E-state index contributed by atoms with van der Waals surface area (Å²) in [6.45, 7) is 0. The fraction of sp³-hybridized carbons (Fsp3) is 0.364. The molecule has 0 aliphatic rings. The number of aliphatic carboxylic acids is 1. The Morgan fingerprint density at radius 1 is 1.47 bits per heavy atom. The Kier molecular flexibility index (Phi) is 4.28. The number of carboxylic acids is 1. The zero-order chi connectivity index (χ0) is 13.0. The predicted octanol–water partition coefficient (Wildman–Crippen LogP) is 1.32. The topological polar surface area (TPSA) is 81.8 Å². The first kappa shape index (κ1) is 13.2. The quantitative estimate of drug-likeness (QED) is 0.815. The van der Waals surface area contributed by atoms with Crippen LogP contribution in [0.2, 0.25) is 0 Å². The van der Waals surface area contributed by atoms with E-state index >= 15 is 0 Å². The number of ether oxygens (including phenoxy) is 2. The third kappa shape index (κ3) is 2.85. The van der Waals surface area contributed by atoms with Crippen molar-refractivity contribution in [1.29, 1.82) is 0 Å². The van der Waals surface area contributed by atoms with Crippen LogP contribution < -0.4 is 15.2 Å². The van der Waals surface area contributed by atoms with E-state index in [1.807, 2.05) is 0 Å². The average Bonchev–Trinajstić information content (AvgIpc) is 2.27. The van der Waals surface area contributed by atoms with Gasteiger partial charge in [-0.15, -0.1) is 0 Å². The highest BCUT2D eigenvalue weighted by Crippen LogP contribution is 2.36. The largest absolute Gasteiger partial charge is 0.496 e. The number of benzene rings is 1. The van der Waals surface area contributed by atoms with Gasteiger partial charge in [-0.25, -0.2) is 4.39 Å². The molecule has 0 heterocycles. The number of hydrogen-bond donors (Lipinski definition) is 2. The summed E-state index contributed by atoms with van der Waals surface area (Å²) in [6, 6.07) is 1.66. The lowest BCUT2D eigenvalue weighted by atomic mass is 10.0. The highest BCUT2D eigenvalue weighted by molar-refractivity contribution is 5.68. The van der Waals surface area contributed by atoms with Gasteiger partial charge in [0, 0.05) is 6.04 Å². The molecule has 1 atom stereocenters. The van der Waals surface area contributed by atoms with Crippen LogP contribution in [-0.2, 0) is 4.79 Å². The van der Waals surface area contributed by atoms with Crippen molar-refractivity contribution in [3.8, 4) is 11.5 Å². The van der Waals surface area contributed by atoms with Gasteiger partial charge < -0.3 is 20.3 Å². The molecule has 0 aromatic heterocycles. The van der Waals surface area contributed by atoms with Crippen molar-refractivity contribution in [2.45, 2.75) is 12.5 Å². The number of carbonyl (C=O) groups is 1. The van der Waals surface area contributed by atoms with E-state index in [1.165, 1.54) is 26.4 Å². The zero-order valence-electron chi connectivity index (χ0n) is 9.57. The molecule has 0 aliphatic carbocycles. The van der Waals surface area contributed by atoms with Gasteiger partial charge in [-0.3, -0.25) is 4.79 Å². The number of halogens is 1. The lowest BCUT2D eigenvalue weighted by Crippen LogP contribution is -2.17. The Balaban J connectivity index is 3.26. The van der Waals surface area contributed by atoms with E-state index in [2.05, 4.69) is 0 Å². The molecule has 6 heteroatoms. The number of methoxy groups -OCH3 is 2. The maximum absolute atomic E-state index is 13.5. The molecule has 0 amide bonds. The summed E-state index contributed by atoms with van der Waals surface area (Å²) in [4.78, 5) is 10.6. The van der Waals surface area contributed by atoms with Crippen LogP contribution in [0.3, 0.4) is 0 Å². The highest BCUT2D eigenvalue weighted by atomic mass is 19.1. The SMILES string of the molecule is COc1ccc(F)c(OC)c1C(N)CC(=O)O. The highest BCUT2D eigenvalue weighted by Gasteiger charge is 2.22. The molecule has 0 fully saturated rings. The first-order valence-electron chi connectivity index (χ1n) is 4.89. The van der Waals surface area contributed by atoms with E-state index in [-0.39, 0.29) is 17.7 Å². The van der Waals surface area contributed by atoms with Gasteiger partial charge in [0.15, 0.2) is 11.6 Å². The summed E-state index contributed by atoms with van der Waals surface area (Å²) < 4.78 is 23.4. The van der Waals surface area contributed by atoms with Crippen LogP contribution in [0, 0.1) is 5.82 Å². The molecule has 1 unspecified atom stereocenters. The summed E-state index contributed by atoms with van der Waals surface area (Å²) >= 11 is 0. The Labute approximate surface area is 97.9 Å². The van der Waals surface area contributed by atoms with E-state index in [0.29, 0.717) is 5.75 Å². The summed E-state index contributed by atoms with van der Waals surface area (Å²) in [6.07, 6.45) is -0.337. The Bertz CT molecular complexity index is 422. The molecule has 1 aromatic carbocycles. The standard InChI is InChI=1S/C11H14FNO4/c1-16-8-4-3-6(12)11(17-2)10(8)7(13)5-9(14)15/h3-4,7H,5,13H2,1-2H3,(H,14,15). The summed E-state index contributed by atoms with van der Waals surface area (Å²) in [5.74, 6) is -1.47. The molecule has 0 aliphatic heterocycles. The van der Waals surface area contributed by atoms with Gasteiger partial charge in [0.25, 0.3) is 0 Å². The van der Waals surface area contributed by atoms with Gasteiger partial charge in [-0.2, -0.15) is 0 Å². The molecular formula is C11H14FNO4. The van der Waals surface area contributed by atoms with Crippen LogP contribution in [-0.4, -0.2) is 25.3 Å². The average molecular weight is 243 g/mol. The Morgan fingerprint density at radius 2 is 2.12 bits per heavy atom. The summed E-state index contributed by atoms with van der Waals surface area (Å²) in [5, 5.41) is 8.69. The van der Waals surface area contributed by atoms with E-state index < -0.39 is 17.8 Å².